The molecule has 1 fully saturated rings. The molecule has 3 amide bonds. The minimum absolute atomic E-state index is 0.284. The normalized spacial score (nSPS) is 20.1. The second kappa shape index (κ2) is 6.03. The average Bonchev–Trinajstić information content (AvgIpc) is 3.07. The van der Waals surface area contributed by atoms with E-state index >= 15 is 0 Å². The van der Waals surface area contributed by atoms with Crippen molar-refractivity contribution >= 4 is 29.1 Å². The van der Waals surface area contributed by atoms with Gasteiger partial charge in [-0.25, -0.2) is 13.6 Å². The lowest BCUT2D eigenvalue weighted by Gasteiger charge is -2.22. The van der Waals surface area contributed by atoms with Gasteiger partial charge >= 0.3 is 6.03 Å². The number of rotatable bonds is 4. The third-order valence-electron chi connectivity index (χ3n) is 4.06. The van der Waals surface area contributed by atoms with Crippen LogP contribution in [0.2, 0.25) is 0 Å². The maximum atomic E-state index is 14.1. The van der Waals surface area contributed by atoms with Crippen LogP contribution < -0.4 is 5.32 Å². The molecule has 2 aromatic rings. The Morgan fingerprint density at radius 3 is 2.60 bits per heavy atom. The molecule has 1 saturated heterocycles. The number of ketones is 1. The zero-order valence-corrected chi connectivity index (χ0v) is 14.2. The first-order valence-electron chi connectivity index (χ1n) is 7.41. The van der Waals surface area contributed by atoms with Gasteiger partial charge < -0.3 is 5.32 Å². The number of benzene rings is 1. The maximum absolute atomic E-state index is 14.1. The first kappa shape index (κ1) is 17.2. The second-order valence-corrected chi connectivity index (χ2v) is 7.19. The smallest absolute Gasteiger partial charge is 0.319 e. The number of carbonyl (C=O) groups excluding carboxylic acids is 3. The van der Waals surface area contributed by atoms with Crippen LogP contribution in [-0.4, -0.2) is 29.2 Å². The molecule has 0 aliphatic carbocycles. The van der Waals surface area contributed by atoms with Gasteiger partial charge in [0.05, 0.1) is 11.4 Å². The third kappa shape index (κ3) is 2.93. The van der Waals surface area contributed by atoms with Gasteiger partial charge in [-0.3, -0.25) is 14.5 Å². The summed E-state index contributed by atoms with van der Waals surface area (Å²) in [4.78, 5) is 39.2. The van der Waals surface area contributed by atoms with Crippen molar-refractivity contribution in [2.45, 2.75) is 19.4 Å². The lowest BCUT2D eigenvalue weighted by Crippen LogP contribution is -2.42. The van der Waals surface area contributed by atoms with Gasteiger partial charge in [0.1, 0.15) is 17.2 Å². The first-order valence-corrected chi connectivity index (χ1v) is 8.23. The molecule has 1 aromatic heterocycles. The molecule has 1 N–H and O–H groups in total. The molecule has 0 saturated carbocycles. The summed E-state index contributed by atoms with van der Waals surface area (Å²) >= 11 is 1.25. The van der Waals surface area contributed by atoms with Crippen molar-refractivity contribution in [2.24, 2.45) is 0 Å². The van der Waals surface area contributed by atoms with E-state index in [-0.39, 0.29) is 5.56 Å². The number of thiophene rings is 1. The van der Waals surface area contributed by atoms with Crippen LogP contribution in [0.5, 0.6) is 0 Å². The Labute approximate surface area is 146 Å². The molecule has 3 rings (SSSR count). The predicted octanol–water partition coefficient (Wildman–Crippen LogP) is 2.98. The van der Waals surface area contributed by atoms with Crippen molar-refractivity contribution in [1.82, 2.24) is 10.2 Å². The van der Waals surface area contributed by atoms with Gasteiger partial charge in [-0.2, -0.15) is 0 Å². The standard InChI is InChI=1S/C17H14F2N2O3S/c1-9-3-6-14(25-9)13(22)8-21-15(23)17(2,20-16(21)24)11-7-10(18)4-5-12(11)19/h3-7H,8H2,1-2H3,(H,20,24). The van der Waals surface area contributed by atoms with E-state index in [1.165, 1.54) is 18.3 Å². The average molecular weight is 364 g/mol. The van der Waals surface area contributed by atoms with Crippen molar-refractivity contribution < 1.29 is 23.2 Å². The number of imide groups is 1. The van der Waals surface area contributed by atoms with Crippen LogP contribution in [0, 0.1) is 18.6 Å². The number of hydrogen-bond donors (Lipinski definition) is 1. The maximum Gasteiger partial charge on any atom is 0.325 e. The minimum Gasteiger partial charge on any atom is -0.319 e. The highest BCUT2D eigenvalue weighted by Gasteiger charge is 2.50. The van der Waals surface area contributed by atoms with Crippen molar-refractivity contribution in [1.29, 1.82) is 0 Å². The highest BCUT2D eigenvalue weighted by Crippen LogP contribution is 2.31. The summed E-state index contributed by atoms with van der Waals surface area (Å²) < 4.78 is 27.5. The van der Waals surface area contributed by atoms with E-state index < -0.39 is 41.4 Å². The predicted molar refractivity (Wildman–Crippen MR) is 87.3 cm³/mol. The minimum atomic E-state index is -1.77. The van der Waals surface area contributed by atoms with E-state index in [2.05, 4.69) is 5.32 Å². The SMILES string of the molecule is Cc1ccc(C(=O)CN2C(=O)NC(C)(c3cc(F)ccc3F)C2=O)s1. The highest BCUT2D eigenvalue weighted by atomic mass is 32.1. The van der Waals surface area contributed by atoms with Crippen molar-refractivity contribution in [3.8, 4) is 0 Å². The molecular formula is C17H14F2N2O3S. The van der Waals surface area contributed by atoms with E-state index in [1.807, 2.05) is 6.92 Å². The summed E-state index contributed by atoms with van der Waals surface area (Å²) in [5.41, 5.74) is -2.05. The Kier molecular flexibility index (Phi) is 4.16. The zero-order chi connectivity index (χ0) is 18.4. The number of carbonyl (C=O) groups is 3. The monoisotopic (exact) mass is 364 g/mol. The second-order valence-electron chi connectivity index (χ2n) is 5.90. The summed E-state index contributed by atoms with van der Waals surface area (Å²) in [5, 5.41) is 2.36. The number of hydrogen-bond acceptors (Lipinski definition) is 4. The van der Waals surface area contributed by atoms with Crippen LogP contribution in [0.3, 0.4) is 0 Å². The van der Waals surface area contributed by atoms with Crippen molar-refractivity contribution in [2.75, 3.05) is 6.54 Å². The van der Waals surface area contributed by atoms with E-state index in [9.17, 15) is 23.2 Å². The molecule has 1 aliphatic heterocycles. The number of urea groups is 1. The van der Waals surface area contributed by atoms with Gasteiger partial charge in [0.25, 0.3) is 5.91 Å². The summed E-state index contributed by atoms with van der Waals surface area (Å²) in [6, 6.07) is 5.23. The largest absolute Gasteiger partial charge is 0.325 e. The Balaban J connectivity index is 1.89. The number of halogens is 2. The Morgan fingerprint density at radius 2 is 1.96 bits per heavy atom. The molecule has 1 aliphatic rings. The topological polar surface area (TPSA) is 66.5 Å². The molecule has 25 heavy (non-hydrogen) atoms. The van der Waals surface area contributed by atoms with Gasteiger partial charge in [0.2, 0.25) is 0 Å². The number of Topliss-reactive ketones (excluding diaryl/α,β-unsaturated/α-hetero) is 1. The first-order chi connectivity index (χ1) is 11.7. The zero-order valence-electron chi connectivity index (χ0n) is 13.4. The lowest BCUT2D eigenvalue weighted by atomic mass is 9.91. The quantitative estimate of drug-likeness (QED) is 0.670. The van der Waals surface area contributed by atoms with Crippen LogP contribution in [0.25, 0.3) is 0 Å². The summed E-state index contributed by atoms with van der Waals surface area (Å²) in [6.07, 6.45) is 0. The molecule has 0 radical (unpaired) electrons. The van der Waals surface area contributed by atoms with Crippen LogP contribution in [0.1, 0.15) is 27.0 Å². The van der Waals surface area contributed by atoms with E-state index in [4.69, 9.17) is 0 Å². The fourth-order valence-electron chi connectivity index (χ4n) is 2.71. The van der Waals surface area contributed by atoms with Crippen molar-refractivity contribution in [3.63, 3.8) is 0 Å². The van der Waals surface area contributed by atoms with E-state index in [0.717, 1.165) is 28.0 Å². The molecule has 8 heteroatoms. The molecule has 2 heterocycles. The lowest BCUT2D eigenvalue weighted by molar-refractivity contribution is -0.130. The van der Waals surface area contributed by atoms with Crippen LogP contribution in [0.15, 0.2) is 30.3 Å². The highest BCUT2D eigenvalue weighted by molar-refractivity contribution is 7.14. The number of amides is 3. The van der Waals surface area contributed by atoms with Crippen LogP contribution in [-0.2, 0) is 10.3 Å². The summed E-state index contributed by atoms with van der Waals surface area (Å²) in [6.45, 7) is 2.65. The van der Waals surface area contributed by atoms with Crippen LogP contribution in [0.4, 0.5) is 13.6 Å². The van der Waals surface area contributed by atoms with E-state index in [1.54, 1.807) is 12.1 Å². The van der Waals surface area contributed by atoms with E-state index in [0.29, 0.717) is 4.88 Å². The van der Waals surface area contributed by atoms with Gasteiger partial charge in [-0.05, 0) is 44.2 Å². The Hall–Kier alpha value is -2.61. The molecule has 130 valence electrons. The fourth-order valence-corrected chi connectivity index (χ4v) is 3.51. The number of nitrogens with zero attached hydrogens (tertiary/aromatic N) is 1. The van der Waals surface area contributed by atoms with Gasteiger partial charge in [-0.15, -0.1) is 11.3 Å². The fraction of sp³-hybridized carbons (Fsp3) is 0.235. The summed E-state index contributed by atoms with van der Waals surface area (Å²) in [5.74, 6) is -2.75. The van der Waals surface area contributed by atoms with Gasteiger partial charge in [-0.1, -0.05) is 0 Å². The van der Waals surface area contributed by atoms with Gasteiger partial charge in [0.15, 0.2) is 5.78 Å². The molecule has 1 unspecified atom stereocenters. The van der Waals surface area contributed by atoms with Crippen molar-refractivity contribution in [3.05, 3.63) is 57.3 Å². The molecule has 1 aromatic carbocycles. The summed E-state index contributed by atoms with van der Waals surface area (Å²) in [7, 11) is 0. The molecule has 5 nitrogen and oxygen atoms in total. The molecule has 0 bridgehead atoms. The number of nitrogens with one attached hydrogen (secondary N) is 1. The molecule has 0 spiro atoms. The van der Waals surface area contributed by atoms with Gasteiger partial charge in [0, 0.05) is 10.4 Å². The Morgan fingerprint density at radius 1 is 1.24 bits per heavy atom. The molecule has 1 atom stereocenters. The third-order valence-corrected chi connectivity index (χ3v) is 5.10. The van der Waals surface area contributed by atoms with Crippen LogP contribution >= 0.6 is 11.3 Å². The Bertz CT molecular complexity index is 896. The molecular weight excluding hydrogens is 350 g/mol. The number of aryl methyl sites for hydroxylation is 1.